The van der Waals surface area contributed by atoms with Gasteiger partial charge in [0.25, 0.3) is 0 Å². The summed E-state index contributed by atoms with van der Waals surface area (Å²) < 4.78 is 0. The molecule has 0 bridgehead atoms. The molecule has 0 aliphatic carbocycles. The van der Waals surface area contributed by atoms with Gasteiger partial charge in [0.1, 0.15) is 12.6 Å². The topological polar surface area (TPSA) is 34.1 Å². The van der Waals surface area contributed by atoms with E-state index in [1.54, 1.807) is 12.2 Å². The molecule has 0 saturated carbocycles. The number of unbranched alkanes of at least 4 members (excludes halogenated alkanes) is 4. The molecule has 0 spiro atoms. The van der Waals surface area contributed by atoms with Crippen LogP contribution in [0.1, 0.15) is 52.4 Å². The minimum atomic E-state index is 0.782. The highest BCUT2D eigenvalue weighted by atomic mass is 16.1. The van der Waals surface area contributed by atoms with Gasteiger partial charge in [0.2, 0.25) is 0 Å². The molecule has 0 heterocycles. The van der Waals surface area contributed by atoms with Crippen LogP contribution in [-0.2, 0) is 9.59 Å². The second kappa shape index (κ2) is 22.5. The third-order valence-electron chi connectivity index (χ3n) is 2.32. The van der Waals surface area contributed by atoms with Crippen molar-refractivity contribution in [2.45, 2.75) is 52.4 Å². The lowest BCUT2D eigenvalue weighted by Gasteiger charge is -1.84. The second-order valence-corrected chi connectivity index (χ2v) is 4.18. The van der Waals surface area contributed by atoms with Gasteiger partial charge in [-0.3, -0.25) is 9.59 Å². The van der Waals surface area contributed by atoms with Crippen LogP contribution >= 0.6 is 0 Å². The van der Waals surface area contributed by atoms with E-state index < -0.39 is 0 Å². The fraction of sp³-hybridized carbons (Fsp3) is 0.444. The minimum absolute atomic E-state index is 0.782. The van der Waals surface area contributed by atoms with Crippen molar-refractivity contribution in [3.63, 3.8) is 0 Å². The Balaban J connectivity index is 0. The molecule has 2 nitrogen and oxygen atoms in total. The number of hydrogen-bond donors (Lipinski definition) is 0. The molecule has 0 radical (unpaired) electrons. The lowest BCUT2D eigenvalue weighted by atomic mass is 10.2. The number of carbonyl (C=O) groups excluding carboxylic acids is 2. The number of aldehydes is 2. The van der Waals surface area contributed by atoms with Crippen LogP contribution in [0.3, 0.4) is 0 Å². The van der Waals surface area contributed by atoms with Gasteiger partial charge in [-0.25, -0.2) is 0 Å². The molecule has 0 N–H and O–H groups in total. The van der Waals surface area contributed by atoms with E-state index in [0.717, 1.165) is 25.4 Å². The SMILES string of the molecule is CCCCC=CC=CC=O.CCCCC=CC=CC=O. The summed E-state index contributed by atoms with van der Waals surface area (Å²) in [7, 11) is 0. The molecule has 0 aromatic carbocycles. The maximum Gasteiger partial charge on any atom is 0.142 e. The Hall–Kier alpha value is -1.70. The second-order valence-electron chi connectivity index (χ2n) is 4.18. The molecule has 2 heteroatoms. The van der Waals surface area contributed by atoms with Crippen molar-refractivity contribution < 1.29 is 9.59 Å². The third kappa shape index (κ3) is 25.2. The maximum atomic E-state index is 9.77. The van der Waals surface area contributed by atoms with Gasteiger partial charge in [-0.15, -0.1) is 0 Å². The molecule has 0 fully saturated rings. The average Bonchev–Trinajstić information content (AvgIpc) is 2.47. The molecule has 0 aliphatic rings. The van der Waals surface area contributed by atoms with E-state index in [1.165, 1.54) is 37.8 Å². The normalized spacial score (nSPS) is 11.3. The molecule has 0 unspecified atom stereocenters. The molecular formula is C18H28O2. The van der Waals surface area contributed by atoms with Crippen LogP contribution in [0, 0.1) is 0 Å². The van der Waals surface area contributed by atoms with E-state index in [1.807, 2.05) is 12.2 Å². The molecule has 0 atom stereocenters. The van der Waals surface area contributed by atoms with Crippen molar-refractivity contribution in [2.75, 3.05) is 0 Å². The largest absolute Gasteiger partial charge is 0.299 e. The van der Waals surface area contributed by atoms with Crippen molar-refractivity contribution in [1.82, 2.24) is 0 Å². The summed E-state index contributed by atoms with van der Waals surface area (Å²) in [4.78, 5) is 19.5. The van der Waals surface area contributed by atoms with Gasteiger partial charge >= 0.3 is 0 Å². The highest BCUT2D eigenvalue weighted by Crippen LogP contribution is 1.95. The summed E-state index contributed by atoms with van der Waals surface area (Å²) in [5.41, 5.74) is 0. The summed E-state index contributed by atoms with van der Waals surface area (Å²) >= 11 is 0. The van der Waals surface area contributed by atoms with Crippen molar-refractivity contribution in [1.29, 1.82) is 0 Å². The standard InChI is InChI=1S/2C9H14O/c2*1-2-3-4-5-6-7-8-9-10/h2*5-9H,2-4H2,1H3. The van der Waals surface area contributed by atoms with Crippen LogP contribution in [0.2, 0.25) is 0 Å². The Morgan fingerprint density at radius 1 is 0.600 bits per heavy atom. The van der Waals surface area contributed by atoms with Crippen LogP contribution in [0.5, 0.6) is 0 Å². The summed E-state index contributed by atoms with van der Waals surface area (Å²) in [5.74, 6) is 0. The summed E-state index contributed by atoms with van der Waals surface area (Å²) in [6.45, 7) is 4.32. The lowest BCUT2D eigenvalue weighted by Crippen LogP contribution is -1.65. The van der Waals surface area contributed by atoms with Crippen molar-refractivity contribution in [2.24, 2.45) is 0 Å². The number of carbonyl (C=O) groups is 2. The van der Waals surface area contributed by atoms with Crippen LogP contribution in [0.15, 0.2) is 48.6 Å². The van der Waals surface area contributed by atoms with Crippen LogP contribution < -0.4 is 0 Å². The molecule has 0 amide bonds. The highest BCUT2D eigenvalue weighted by molar-refractivity contribution is 5.65. The van der Waals surface area contributed by atoms with Crippen LogP contribution in [0.4, 0.5) is 0 Å². The van der Waals surface area contributed by atoms with E-state index in [0.29, 0.717) is 0 Å². The summed E-state index contributed by atoms with van der Waals surface area (Å²) in [6.07, 6.45) is 23.1. The quantitative estimate of drug-likeness (QED) is 0.244. The zero-order valence-corrected chi connectivity index (χ0v) is 12.8. The van der Waals surface area contributed by atoms with E-state index in [-0.39, 0.29) is 0 Å². The zero-order chi connectivity index (χ0) is 15.3. The van der Waals surface area contributed by atoms with Gasteiger partial charge in [-0.1, -0.05) is 76.0 Å². The van der Waals surface area contributed by atoms with Crippen molar-refractivity contribution in [3.05, 3.63) is 48.6 Å². The van der Waals surface area contributed by atoms with Gasteiger partial charge in [0, 0.05) is 0 Å². The summed E-state index contributed by atoms with van der Waals surface area (Å²) in [6, 6.07) is 0. The van der Waals surface area contributed by atoms with E-state index in [9.17, 15) is 9.59 Å². The molecule has 0 rings (SSSR count). The van der Waals surface area contributed by atoms with Gasteiger partial charge in [-0.2, -0.15) is 0 Å². The Labute approximate surface area is 124 Å². The van der Waals surface area contributed by atoms with Gasteiger partial charge < -0.3 is 0 Å². The fourth-order valence-electron chi connectivity index (χ4n) is 1.21. The predicted octanol–water partition coefficient (Wildman–Crippen LogP) is 4.98. The average molecular weight is 276 g/mol. The minimum Gasteiger partial charge on any atom is -0.299 e. The van der Waals surface area contributed by atoms with Crippen molar-refractivity contribution >= 4 is 12.6 Å². The monoisotopic (exact) mass is 276 g/mol. The van der Waals surface area contributed by atoms with Crippen LogP contribution in [-0.4, -0.2) is 12.6 Å². The molecule has 0 aromatic rings. The number of allylic oxidation sites excluding steroid dienone is 8. The highest BCUT2D eigenvalue weighted by Gasteiger charge is 1.75. The zero-order valence-electron chi connectivity index (χ0n) is 12.8. The number of rotatable bonds is 10. The first-order valence-electron chi connectivity index (χ1n) is 7.37. The Morgan fingerprint density at radius 3 is 1.30 bits per heavy atom. The Morgan fingerprint density at radius 2 is 1.00 bits per heavy atom. The van der Waals surface area contributed by atoms with Gasteiger partial charge in [0.15, 0.2) is 0 Å². The smallest absolute Gasteiger partial charge is 0.142 e. The summed E-state index contributed by atoms with van der Waals surface area (Å²) in [5, 5.41) is 0. The van der Waals surface area contributed by atoms with E-state index >= 15 is 0 Å². The van der Waals surface area contributed by atoms with E-state index in [2.05, 4.69) is 26.0 Å². The Kier molecular flexibility index (Phi) is 23.2. The third-order valence-corrected chi connectivity index (χ3v) is 2.32. The van der Waals surface area contributed by atoms with Gasteiger partial charge in [-0.05, 0) is 25.0 Å². The first-order chi connectivity index (χ1) is 9.83. The molecule has 20 heavy (non-hydrogen) atoms. The first kappa shape index (κ1) is 20.6. The predicted molar refractivity (Wildman–Crippen MR) is 87.7 cm³/mol. The first-order valence-corrected chi connectivity index (χ1v) is 7.37. The maximum absolute atomic E-state index is 9.77. The Bertz CT molecular complexity index is 277. The van der Waals surface area contributed by atoms with Crippen LogP contribution in [0.25, 0.3) is 0 Å². The van der Waals surface area contributed by atoms with Gasteiger partial charge in [0.05, 0.1) is 0 Å². The van der Waals surface area contributed by atoms with E-state index in [4.69, 9.17) is 0 Å². The molecule has 0 aliphatic heterocycles. The molecule has 0 saturated heterocycles. The van der Waals surface area contributed by atoms with Crippen molar-refractivity contribution in [3.8, 4) is 0 Å². The molecular weight excluding hydrogens is 248 g/mol. The number of hydrogen-bond acceptors (Lipinski definition) is 2. The molecule has 112 valence electrons. The molecule has 0 aromatic heterocycles. The lowest BCUT2D eigenvalue weighted by molar-refractivity contribution is -0.104. The fourth-order valence-corrected chi connectivity index (χ4v) is 1.21.